The van der Waals surface area contributed by atoms with Crippen LogP contribution in [0.15, 0.2) is 47.8 Å². The summed E-state index contributed by atoms with van der Waals surface area (Å²) in [5.41, 5.74) is 2.61. The van der Waals surface area contributed by atoms with E-state index in [1.165, 1.54) is 12.1 Å². The number of hydrogen-bond acceptors (Lipinski definition) is 2. The topological polar surface area (TPSA) is 49.0 Å². The van der Waals surface area contributed by atoms with Crippen molar-refractivity contribution < 1.29 is 8.60 Å². The van der Waals surface area contributed by atoms with E-state index >= 15 is 0 Å². The number of nitrogens with zero attached hydrogens (tertiary/aromatic N) is 2. The summed E-state index contributed by atoms with van der Waals surface area (Å²) in [6.07, 6.45) is 6.87. The Kier molecular flexibility index (Phi) is 5.60. The van der Waals surface area contributed by atoms with Gasteiger partial charge in [0.1, 0.15) is 21.8 Å². The summed E-state index contributed by atoms with van der Waals surface area (Å²) >= 11 is 0. The van der Waals surface area contributed by atoms with E-state index in [0.717, 1.165) is 47.8 Å². The Bertz CT molecular complexity index is 876. The largest absolute Gasteiger partial charge is 0.360 e. The van der Waals surface area contributed by atoms with Crippen LogP contribution in [-0.4, -0.2) is 32.1 Å². The number of aromatic amines is 1. The van der Waals surface area contributed by atoms with Crippen molar-refractivity contribution in [3.63, 3.8) is 0 Å². The number of benzene rings is 1. The molecule has 3 aromatic rings. The van der Waals surface area contributed by atoms with Gasteiger partial charge in [-0.05, 0) is 36.8 Å². The van der Waals surface area contributed by atoms with Gasteiger partial charge in [-0.25, -0.2) is 17.9 Å². The second kappa shape index (κ2) is 7.89. The lowest BCUT2D eigenvalue weighted by Gasteiger charge is -2.14. The van der Waals surface area contributed by atoms with Crippen LogP contribution in [0.4, 0.5) is 4.39 Å². The first kappa shape index (κ1) is 17.8. The standard InChI is InChI=1S/C19H22FN3OS/c1-3-4-5-10-23(2)25(24)19-9-6-14(12-22-19)17-13-21-18-11-15(20)7-8-16(17)18/h6-9,11-13,21H,3-5,10H2,1-2H3. The molecule has 0 aliphatic rings. The molecule has 2 heterocycles. The van der Waals surface area contributed by atoms with Crippen molar-refractivity contribution in [1.29, 1.82) is 0 Å². The minimum Gasteiger partial charge on any atom is -0.360 e. The van der Waals surface area contributed by atoms with Gasteiger partial charge in [0.15, 0.2) is 0 Å². The van der Waals surface area contributed by atoms with E-state index in [2.05, 4.69) is 16.9 Å². The van der Waals surface area contributed by atoms with E-state index in [1.807, 2.05) is 23.6 Å². The minimum absolute atomic E-state index is 0.268. The summed E-state index contributed by atoms with van der Waals surface area (Å²) in [6, 6.07) is 8.38. The molecule has 1 unspecified atom stereocenters. The van der Waals surface area contributed by atoms with Crippen molar-refractivity contribution in [3.8, 4) is 11.1 Å². The number of unbranched alkanes of at least 4 members (excludes halogenated alkanes) is 2. The van der Waals surface area contributed by atoms with Gasteiger partial charge in [0, 0.05) is 48.0 Å². The number of nitrogens with one attached hydrogen (secondary N) is 1. The minimum atomic E-state index is -1.25. The third-order valence-electron chi connectivity index (χ3n) is 4.23. The maximum atomic E-state index is 13.3. The smallest absolute Gasteiger partial charge is 0.146 e. The normalized spacial score (nSPS) is 12.8. The van der Waals surface area contributed by atoms with Crippen molar-refractivity contribution in [2.75, 3.05) is 13.6 Å². The second-order valence-corrected chi connectivity index (χ2v) is 7.63. The summed E-state index contributed by atoms with van der Waals surface area (Å²) in [5.74, 6) is -0.268. The summed E-state index contributed by atoms with van der Waals surface area (Å²) in [7, 11) is 0.605. The maximum Gasteiger partial charge on any atom is 0.146 e. The predicted molar refractivity (Wildman–Crippen MR) is 100 cm³/mol. The Morgan fingerprint density at radius 1 is 1.24 bits per heavy atom. The molecule has 0 saturated carbocycles. The first-order valence-electron chi connectivity index (χ1n) is 8.46. The van der Waals surface area contributed by atoms with Crippen LogP contribution < -0.4 is 0 Å². The number of halogens is 1. The van der Waals surface area contributed by atoms with Crippen LogP contribution in [0, 0.1) is 5.82 Å². The maximum absolute atomic E-state index is 13.3. The summed E-state index contributed by atoms with van der Waals surface area (Å²) in [5, 5.41) is 1.49. The Morgan fingerprint density at radius 3 is 2.80 bits per heavy atom. The number of fused-ring (bicyclic) bond motifs is 1. The molecule has 3 rings (SSSR count). The van der Waals surface area contributed by atoms with Crippen molar-refractivity contribution in [2.24, 2.45) is 0 Å². The molecule has 1 atom stereocenters. The van der Waals surface area contributed by atoms with Crippen molar-refractivity contribution >= 4 is 21.9 Å². The van der Waals surface area contributed by atoms with Crippen LogP contribution in [-0.2, 0) is 11.0 Å². The highest BCUT2D eigenvalue weighted by Gasteiger charge is 2.13. The molecule has 0 amide bonds. The van der Waals surface area contributed by atoms with Gasteiger partial charge in [-0.1, -0.05) is 19.8 Å². The van der Waals surface area contributed by atoms with Gasteiger partial charge in [0.25, 0.3) is 0 Å². The van der Waals surface area contributed by atoms with Crippen LogP contribution in [0.5, 0.6) is 0 Å². The van der Waals surface area contributed by atoms with Crippen molar-refractivity contribution in [2.45, 2.75) is 31.2 Å². The molecular weight excluding hydrogens is 337 g/mol. The monoisotopic (exact) mass is 359 g/mol. The molecule has 25 heavy (non-hydrogen) atoms. The quantitative estimate of drug-likeness (QED) is 0.631. The molecule has 0 saturated heterocycles. The van der Waals surface area contributed by atoms with Gasteiger partial charge in [-0.2, -0.15) is 0 Å². The molecule has 0 spiro atoms. The van der Waals surface area contributed by atoms with Gasteiger partial charge in [-0.15, -0.1) is 0 Å². The van der Waals surface area contributed by atoms with E-state index in [1.54, 1.807) is 18.3 Å². The fourth-order valence-corrected chi connectivity index (χ4v) is 3.75. The van der Waals surface area contributed by atoms with Crippen LogP contribution in [0.2, 0.25) is 0 Å². The molecule has 0 bridgehead atoms. The lowest BCUT2D eigenvalue weighted by molar-refractivity contribution is 0.493. The van der Waals surface area contributed by atoms with E-state index in [9.17, 15) is 8.60 Å². The fourth-order valence-electron chi connectivity index (χ4n) is 2.81. The summed E-state index contributed by atoms with van der Waals surface area (Å²) in [6.45, 7) is 2.94. The number of H-pyrrole nitrogens is 1. The van der Waals surface area contributed by atoms with Crippen molar-refractivity contribution in [3.05, 3.63) is 48.5 Å². The average molecular weight is 359 g/mol. The second-order valence-electron chi connectivity index (χ2n) is 6.09. The molecule has 132 valence electrons. The SMILES string of the molecule is CCCCCN(C)S(=O)c1ccc(-c2c[nH]c3cc(F)ccc23)cn1. The Balaban J connectivity index is 1.78. The van der Waals surface area contributed by atoms with Gasteiger partial charge in [0.05, 0.1) is 0 Å². The molecule has 0 fully saturated rings. The highest BCUT2D eigenvalue weighted by atomic mass is 32.2. The van der Waals surface area contributed by atoms with E-state index in [-0.39, 0.29) is 5.82 Å². The Morgan fingerprint density at radius 2 is 2.08 bits per heavy atom. The number of aromatic nitrogens is 2. The molecule has 1 N–H and O–H groups in total. The van der Waals surface area contributed by atoms with Gasteiger partial charge in [-0.3, -0.25) is 0 Å². The molecule has 2 aromatic heterocycles. The number of hydrogen-bond donors (Lipinski definition) is 1. The van der Waals surface area contributed by atoms with Gasteiger partial charge >= 0.3 is 0 Å². The van der Waals surface area contributed by atoms with Gasteiger partial charge < -0.3 is 4.98 Å². The zero-order valence-corrected chi connectivity index (χ0v) is 15.3. The summed E-state index contributed by atoms with van der Waals surface area (Å²) < 4.78 is 27.6. The molecule has 6 heteroatoms. The third kappa shape index (κ3) is 3.96. The van der Waals surface area contributed by atoms with Crippen LogP contribution in [0.25, 0.3) is 22.0 Å². The first-order chi connectivity index (χ1) is 12.1. The van der Waals surface area contributed by atoms with Gasteiger partial charge in [0.2, 0.25) is 0 Å². The fraction of sp³-hybridized carbons (Fsp3) is 0.316. The van der Waals surface area contributed by atoms with Crippen molar-refractivity contribution in [1.82, 2.24) is 14.3 Å². The molecule has 0 aliphatic carbocycles. The lowest BCUT2D eigenvalue weighted by Crippen LogP contribution is -2.23. The van der Waals surface area contributed by atoms with Crippen LogP contribution in [0.1, 0.15) is 26.2 Å². The molecule has 1 aromatic carbocycles. The molecule has 0 radical (unpaired) electrons. The number of rotatable bonds is 7. The van der Waals surface area contributed by atoms with Crippen LogP contribution >= 0.6 is 0 Å². The average Bonchev–Trinajstić information content (AvgIpc) is 3.04. The number of pyridine rings is 1. The summed E-state index contributed by atoms with van der Waals surface area (Å²) in [4.78, 5) is 7.45. The van der Waals surface area contributed by atoms with E-state index < -0.39 is 11.0 Å². The molecule has 0 aliphatic heterocycles. The molecule has 4 nitrogen and oxygen atoms in total. The predicted octanol–water partition coefficient (Wildman–Crippen LogP) is 4.51. The van der Waals surface area contributed by atoms with E-state index in [0.29, 0.717) is 5.03 Å². The third-order valence-corrected chi connectivity index (χ3v) is 5.58. The lowest BCUT2D eigenvalue weighted by atomic mass is 10.1. The Hall–Kier alpha value is -2.05. The van der Waals surface area contributed by atoms with Crippen LogP contribution in [0.3, 0.4) is 0 Å². The first-order valence-corrected chi connectivity index (χ1v) is 9.57. The molecular formula is C19H22FN3OS. The highest BCUT2D eigenvalue weighted by molar-refractivity contribution is 7.82. The zero-order chi connectivity index (χ0) is 17.8. The zero-order valence-electron chi connectivity index (χ0n) is 14.5. The Labute approximate surface area is 149 Å². The van der Waals surface area contributed by atoms with E-state index in [4.69, 9.17) is 0 Å². The highest BCUT2D eigenvalue weighted by Crippen LogP contribution is 2.28.